The molecule has 1 aromatic carbocycles. The van der Waals surface area contributed by atoms with Gasteiger partial charge in [0.25, 0.3) is 0 Å². The first-order valence-electron chi connectivity index (χ1n) is 6.81. The Morgan fingerprint density at radius 1 is 1.17 bits per heavy atom. The summed E-state index contributed by atoms with van der Waals surface area (Å²) in [7, 11) is 3.76. The summed E-state index contributed by atoms with van der Waals surface area (Å²) in [5, 5.41) is 3.25. The Labute approximate surface area is 112 Å². The Kier molecular flexibility index (Phi) is 5.67. The van der Waals surface area contributed by atoms with Gasteiger partial charge >= 0.3 is 0 Å². The molecule has 0 spiro atoms. The van der Waals surface area contributed by atoms with E-state index in [4.69, 9.17) is 4.74 Å². The monoisotopic (exact) mass is 249 g/mol. The fraction of sp³-hybridized carbons (Fsp3) is 0.625. The van der Waals surface area contributed by atoms with Gasteiger partial charge in [-0.05, 0) is 68.5 Å². The van der Waals surface area contributed by atoms with Gasteiger partial charge in [-0.3, -0.25) is 0 Å². The molecule has 0 heterocycles. The van der Waals surface area contributed by atoms with E-state index in [-0.39, 0.29) is 0 Å². The molecule has 0 aliphatic heterocycles. The molecule has 1 unspecified atom stereocenters. The number of hydrogen-bond donors (Lipinski definition) is 1. The smallest absolute Gasteiger partial charge is 0.122 e. The highest BCUT2D eigenvalue weighted by atomic mass is 16.5. The van der Waals surface area contributed by atoms with E-state index in [1.807, 2.05) is 7.05 Å². The van der Waals surface area contributed by atoms with E-state index in [1.54, 1.807) is 7.11 Å². The van der Waals surface area contributed by atoms with Gasteiger partial charge in [0, 0.05) is 0 Å². The second kappa shape index (κ2) is 6.79. The Balaban J connectivity index is 3.08. The predicted molar refractivity (Wildman–Crippen MR) is 78.6 cm³/mol. The second-order valence-electron chi connectivity index (χ2n) is 5.42. The van der Waals surface area contributed by atoms with Crippen molar-refractivity contribution >= 4 is 0 Å². The summed E-state index contributed by atoms with van der Waals surface area (Å²) >= 11 is 0. The maximum absolute atomic E-state index is 5.39. The fourth-order valence-electron chi connectivity index (χ4n) is 2.58. The standard InChI is InChI=1S/C16H27NO/c1-11(2)14(7-8-17-5)15-9-13(4)16(18-6)10-12(15)3/h9-11,14,17H,7-8H2,1-6H3. The number of benzene rings is 1. The minimum atomic E-state index is 0.613. The van der Waals surface area contributed by atoms with E-state index in [9.17, 15) is 0 Å². The third-order valence-corrected chi connectivity index (χ3v) is 3.69. The van der Waals surface area contributed by atoms with Gasteiger partial charge in [0.05, 0.1) is 7.11 Å². The van der Waals surface area contributed by atoms with Crippen LogP contribution >= 0.6 is 0 Å². The highest BCUT2D eigenvalue weighted by Gasteiger charge is 2.18. The van der Waals surface area contributed by atoms with Crippen molar-refractivity contribution in [3.63, 3.8) is 0 Å². The van der Waals surface area contributed by atoms with Crippen LogP contribution in [0.3, 0.4) is 0 Å². The van der Waals surface area contributed by atoms with E-state index in [2.05, 4.69) is 45.1 Å². The van der Waals surface area contributed by atoms with E-state index < -0.39 is 0 Å². The van der Waals surface area contributed by atoms with Crippen LogP contribution in [0.15, 0.2) is 12.1 Å². The number of rotatable bonds is 6. The van der Waals surface area contributed by atoms with Crippen molar-refractivity contribution in [1.82, 2.24) is 5.32 Å². The lowest BCUT2D eigenvalue weighted by molar-refractivity contribution is 0.409. The molecule has 0 fully saturated rings. The van der Waals surface area contributed by atoms with Crippen LogP contribution in [0.1, 0.15) is 42.9 Å². The Bertz CT molecular complexity index is 385. The van der Waals surface area contributed by atoms with Crippen molar-refractivity contribution < 1.29 is 4.74 Å². The van der Waals surface area contributed by atoms with E-state index >= 15 is 0 Å². The molecule has 1 atom stereocenters. The summed E-state index contributed by atoms with van der Waals surface area (Å²) in [5.41, 5.74) is 4.04. The maximum atomic E-state index is 5.39. The van der Waals surface area contributed by atoms with Gasteiger partial charge in [0.1, 0.15) is 5.75 Å². The van der Waals surface area contributed by atoms with Crippen molar-refractivity contribution in [1.29, 1.82) is 0 Å². The number of nitrogens with one attached hydrogen (secondary N) is 1. The van der Waals surface area contributed by atoms with Gasteiger partial charge in [-0.1, -0.05) is 19.9 Å². The van der Waals surface area contributed by atoms with Crippen LogP contribution in [0.5, 0.6) is 5.75 Å². The fourth-order valence-corrected chi connectivity index (χ4v) is 2.58. The Morgan fingerprint density at radius 2 is 1.83 bits per heavy atom. The largest absolute Gasteiger partial charge is 0.496 e. The van der Waals surface area contributed by atoms with Crippen LogP contribution in [0.4, 0.5) is 0 Å². The van der Waals surface area contributed by atoms with Crippen molar-refractivity contribution in [3.8, 4) is 5.75 Å². The summed E-state index contributed by atoms with van der Waals surface area (Å²) in [6.07, 6.45) is 1.18. The highest BCUT2D eigenvalue weighted by Crippen LogP contribution is 2.33. The SMILES string of the molecule is CNCCC(c1cc(C)c(OC)cc1C)C(C)C. The molecule has 1 rings (SSSR count). The summed E-state index contributed by atoms with van der Waals surface area (Å²) in [6, 6.07) is 4.47. The molecule has 2 heteroatoms. The van der Waals surface area contributed by atoms with Crippen molar-refractivity contribution in [2.75, 3.05) is 20.7 Å². The number of aryl methyl sites for hydroxylation is 2. The Hall–Kier alpha value is -1.02. The number of hydrogen-bond acceptors (Lipinski definition) is 2. The number of methoxy groups -OCH3 is 1. The molecule has 2 nitrogen and oxygen atoms in total. The minimum absolute atomic E-state index is 0.613. The molecule has 0 bridgehead atoms. The Morgan fingerprint density at radius 3 is 2.33 bits per heavy atom. The van der Waals surface area contributed by atoms with E-state index in [0.29, 0.717) is 11.8 Å². The van der Waals surface area contributed by atoms with E-state index in [1.165, 1.54) is 23.1 Å². The van der Waals surface area contributed by atoms with Crippen molar-refractivity contribution in [2.45, 2.75) is 40.0 Å². The zero-order chi connectivity index (χ0) is 13.7. The molecule has 0 saturated carbocycles. The molecular formula is C16H27NO. The number of ether oxygens (including phenoxy) is 1. The summed E-state index contributed by atoms with van der Waals surface area (Å²) < 4.78 is 5.39. The van der Waals surface area contributed by atoms with Crippen LogP contribution in [0.25, 0.3) is 0 Å². The average Bonchev–Trinajstić information content (AvgIpc) is 2.32. The molecule has 0 aromatic heterocycles. The van der Waals surface area contributed by atoms with Gasteiger partial charge in [-0.25, -0.2) is 0 Å². The van der Waals surface area contributed by atoms with Gasteiger partial charge in [-0.2, -0.15) is 0 Å². The lowest BCUT2D eigenvalue weighted by atomic mass is 9.82. The van der Waals surface area contributed by atoms with E-state index in [0.717, 1.165) is 12.3 Å². The van der Waals surface area contributed by atoms with Gasteiger partial charge in [0.2, 0.25) is 0 Å². The average molecular weight is 249 g/mol. The highest BCUT2D eigenvalue weighted by molar-refractivity contribution is 5.43. The third kappa shape index (κ3) is 3.49. The van der Waals surface area contributed by atoms with Gasteiger partial charge < -0.3 is 10.1 Å². The van der Waals surface area contributed by atoms with Crippen LogP contribution < -0.4 is 10.1 Å². The minimum Gasteiger partial charge on any atom is -0.496 e. The predicted octanol–water partition coefficient (Wildman–Crippen LogP) is 3.66. The molecule has 0 aliphatic rings. The molecular weight excluding hydrogens is 222 g/mol. The van der Waals surface area contributed by atoms with Crippen LogP contribution in [0, 0.1) is 19.8 Å². The quantitative estimate of drug-likeness (QED) is 0.830. The lowest BCUT2D eigenvalue weighted by Gasteiger charge is -2.24. The normalized spacial score (nSPS) is 12.8. The van der Waals surface area contributed by atoms with Crippen LogP contribution in [0.2, 0.25) is 0 Å². The van der Waals surface area contributed by atoms with Gasteiger partial charge in [0.15, 0.2) is 0 Å². The summed E-state index contributed by atoms with van der Waals surface area (Å²) in [5.74, 6) is 2.26. The maximum Gasteiger partial charge on any atom is 0.122 e. The first-order chi connectivity index (χ1) is 8.51. The first kappa shape index (κ1) is 15.0. The van der Waals surface area contributed by atoms with Crippen LogP contribution in [-0.2, 0) is 0 Å². The first-order valence-corrected chi connectivity index (χ1v) is 6.81. The summed E-state index contributed by atoms with van der Waals surface area (Å²) in [4.78, 5) is 0. The van der Waals surface area contributed by atoms with Crippen molar-refractivity contribution in [2.24, 2.45) is 5.92 Å². The molecule has 0 amide bonds. The molecule has 18 heavy (non-hydrogen) atoms. The van der Waals surface area contributed by atoms with Gasteiger partial charge in [-0.15, -0.1) is 0 Å². The third-order valence-electron chi connectivity index (χ3n) is 3.69. The topological polar surface area (TPSA) is 21.3 Å². The summed E-state index contributed by atoms with van der Waals surface area (Å²) in [6.45, 7) is 9.98. The molecule has 0 aliphatic carbocycles. The lowest BCUT2D eigenvalue weighted by Crippen LogP contribution is -2.16. The molecule has 1 aromatic rings. The van der Waals surface area contributed by atoms with Crippen LogP contribution in [-0.4, -0.2) is 20.7 Å². The molecule has 1 N–H and O–H groups in total. The second-order valence-corrected chi connectivity index (χ2v) is 5.42. The molecule has 0 radical (unpaired) electrons. The zero-order valence-electron chi connectivity index (χ0n) is 12.6. The molecule has 102 valence electrons. The molecule has 0 saturated heterocycles. The zero-order valence-corrected chi connectivity index (χ0v) is 12.6. The van der Waals surface area contributed by atoms with Crippen molar-refractivity contribution in [3.05, 3.63) is 28.8 Å².